The molecule has 3 aliphatic rings. The second-order valence-electron chi connectivity index (χ2n) is 7.41. The Hall–Kier alpha value is 0.250. The van der Waals surface area contributed by atoms with Crippen molar-refractivity contribution in [3.05, 3.63) is 0 Å². The van der Waals surface area contributed by atoms with Gasteiger partial charge >= 0.3 is 0 Å². The summed E-state index contributed by atoms with van der Waals surface area (Å²) in [7, 11) is 0. The molecule has 0 radical (unpaired) electrons. The molecule has 0 aromatic rings. The third kappa shape index (κ3) is 2.58. The minimum Gasteiger partial charge on any atom is -0.310 e. The highest BCUT2D eigenvalue weighted by molar-refractivity contribution is 6.18. The first-order valence-corrected chi connectivity index (χ1v) is 8.55. The molecule has 2 heteroatoms. The molecule has 0 saturated heterocycles. The lowest BCUT2D eigenvalue weighted by Crippen LogP contribution is -2.51. The number of fused-ring (bicyclic) bond motifs is 2. The Kier molecular flexibility index (Phi) is 3.92. The first-order valence-electron chi connectivity index (χ1n) is 8.02. The second kappa shape index (κ2) is 5.32. The van der Waals surface area contributed by atoms with Gasteiger partial charge in [0, 0.05) is 11.4 Å². The predicted molar refractivity (Wildman–Crippen MR) is 78.0 cm³/mol. The van der Waals surface area contributed by atoms with Crippen LogP contribution in [-0.4, -0.2) is 18.0 Å². The van der Waals surface area contributed by atoms with Crippen LogP contribution in [0.1, 0.15) is 58.3 Å². The average Bonchev–Trinajstić information content (AvgIpc) is 3.01. The minimum atomic E-state index is 0.274. The molecule has 0 spiro atoms. The van der Waals surface area contributed by atoms with Crippen LogP contribution in [0.3, 0.4) is 0 Å². The van der Waals surface area contributed by atoms with Crippen LogP contribution in [-0.2, 0) is 0 Å². The number of alkyl halides is 1. The molecule has 3 saturated carbocycles. The Labute approximate surface area is 117 Å². The maximum atomic E-state index is 6.29. The van der Waals surface area contributed by atoms with E-state index in [1.165, 1.54) is 57.9 Å². The Morgan fingerprint density at radius 3 is 2.44 bits per heavy atom. The first kappa shape index (κ1) is 13.2. The van der Waals surface area contributed by atoms with Gasteiger partial charge in [0.2, 0.25) is 0 Å². The maximum Gasteiger partial charge on any atom is 0.0406 e. The summed E-state index contributed by atoms with van der Waals surface area (Å²) in [5, 5.41) is 3.90. The van der Waals surface area contributed by atoms with Crippen LogP contribution in [0, 0.1) is 23.7 Å². The van der Waals surface area contributed by atoms with Gasteiger partial charge in [-0.25, -0.2) is 0 Å². The highest BCUT2D eigenvalue weighted by atomic mass is 35.5. The van der Waals surface area contributed by atoms with Crippen LogP contribution >= 0.6 is 11.6 Å². The van der Waals surface area contributed by atoms with Crippen molar-refractivity contribution in [3.63, 3.8) is 0 Å². The van der Waals surface area contributed by atoms with Gasteiger partial charge in [0.05, 0.1) is 0 Å². The van der Waals surface area contributed by atoms with Crippen molar-refractivity contribution in [3.8, 4) is 0 Å². The van der Waals surface area contributed by atoms with Crippen molar-refractivity contribution in [1.29, 1.82) is 0 Å². The third-order valence-corrected chi connectivity index (χ3v) is 6.62. The van der Waals surface area contributed by atoms with Crippen LogP contribution in [0.4, 0.5) is 0 Å². The summed E-state index contributed by atoms with van der Waals surface area (Å²) in [6.45, 7) is 3.62. The van der Waals surface area contributed by atoms with Crippen molar-refractivity contribution in [2.75, 3.05) is 12.4 Å². The third-order valence-electron chi connectivity index (χ3n) is 6.11. The smallest absolute Gasteiger partial charge is 0.0406 e. The standard InChI is InChI=1S/C16H28ClN/c1-12-4-6-16(11-17,7-5-12)18-10-15-9-13-2-3-14(15)8-13/h12-15,18H,2-11H2,1H3. The van der Waals surface area contributed by atoms with E-state index in [9.17, 15) is 0 Å². The van der Waals surface area contributed by atoms with Gasteiger partial charge in [0.1, 0.15) is 0 Å². The summed E-state index contributed by atoms with van der Waals surface area (Å²) in [5.74, 6) is 4.78. The van der Waals surface area contributed by atoms with E-state index in [2.05, 4.69) is 12.2 Å². The van der Waals surface area contributed by atoms with Gasteiger partial charge in [0.15, 0.2) is 0 Å². The van der Waals surface area contributed by atoms with Gasteiger partial charge in [-0.2, -0.15) is 0 Å². The van der Waals surface area contributed by atoms with Crippen LogP contribution in [0.5, 0.6) is 0 Å². The van der Waals surface area contributed by atoms with Crippen molar-refractivity contribution < 1.29 is 0 Å². The fraction of sp³-hybridized carbons (Fsp3) is 1.00. The van der Waals surface area contributed by atoms with Crippen molar-refractivity contribution >= 4 is 11.6 Å². The molecule has 3 rings (SSSR count). The van der Waals surface area contributed by atoms with Crippen LogP contribution in [0.2, 0.25) is 0 Å². The summed E-state index contributed by atoms with van der Waals surface area (Å²) in [5.41, 5.74) is 0.274. The summed E-state index contributed by atoms with van der Waals surface area (Å²) in [6.07, 6.45) is 11.3. The highest BCUT2D eigenvalue weighted by Gasteiger charge is 2.41. The Bertz CT molecular complexity index is 283. The summed E-state index contributed by atoms with van der Waals surface area (Å²) in [4.78, 5) is 0. The van der Waals surface area contributed by atoms with Gasteiger partial charge in [-0.1, -0.05) is 13.3 Å². The molecule has 0 amide bonds. The maximum absolute atomic E-state index is 6.29. The zero-order valence-electron chi connectivity index (χ0n) is 11.8. The number of hydrogen-bond donors (Lipinski definition) is 1. The second-order valence-corrected chi connectivity index (χ2v) is 7.68. The lowest BCUT2D eigenvalue weighted by molar-refractivity contribution is 0.194. The molecule has 3 atom stereocenters. The zero-order valence-corrected chi connectivity index (χ0v) is 12.5. The number of hydrogen-bond acceptors (Lipinski definition) is 1. The molecular weight excluding hydrogens is 242 g/mol. The van der Waals surface area contributed by atoms with Gasteiger partial charge in [0.25, 0.3) is 0 Å². The largest absolute Gasteiger partial charge is 0.310 e. The van der Waals surface area contributed by atoms with E-state index in [4.69, 9.17) is 11.6 Å². The van der Waals surface area contributed by atoms with Crippen molar-refractivity contribution in [2.45, 2.75) is 63.8 Å². The molecule has 0 aromatic carbocycles. The Balaban J connectivity index is 1.51. The van der Waals surface area contributed by atoms with Gasteiger partial charge in [-0.05, 0) is 75.2 Å². The molecule has 3 fully saturated rings. The van der Waals surface area contributed by atoms with Crippen molar-refractivity contribution in [1.82, 2.24) is 5.32 Å². The molecule has 3 aliphatic carbocycles. The van der Waals surface area contributed by atoms with Crippen LogP contribution in [0.25, 0.3) is 0 Å². The molecule has 3 unspecified atom stereocenters. The molecule has 18 heavy (non-hydrogen) atoms. The fourth-order valence-electron chi connectivity index (χ4n) is 4.65. The van der Waals surface area contributed by atoms with Crippen molar-refractivity contribution in [2.24, 2.45) is 23.7 Å². The Morgan fingerprint density at radius 2 is 1.89 bits per heavy atom. The summed E-state index contributed by atoms with van der Waals surface area (Å²) >= 11 is 6.29. The quantitative estimate of drug-likeness (QED) is 0.755. The van der Waals surface area contributed by atoms with E-state index in [1.807, 2.05) is 0 Å². The Morgan fingerprint density at radius 1 is 1.11 bits per heavy atom. The topological polar surface area (TPSA) is 12.0 Å². The van der Waals surface area contributed by atoms with E-state index < -0.39 is 0 Å². The SMILES string of the molecule is CC1CCC(CCl)(NCC2CC3CCC2C3)CC1. The monoisotopic (exact) mass is 269 g/mol. The van der Waals surface area contributed by atoms with Gasteiger partial charge in [-0.3, -0.25) is 0 Å². The fourth-order valence-corrected chi connectivity index (χ4v) is 5.01. The van der Waals surface area contributed by atoms with Crippen LogP contribution < -0.4 is 5.32 Å². The lowest BCUT2D eigenvalue weighted by atomic mass is 9.77. The first-order chi connectivity index (χ1) is 8.71. The molecule has 0 aliphatic heterocycles. The van der Waals surface area contributed by atoms with E-state index in [0.717, 1.165) is 29.6 Å². The lowest BCUT2D eigenvalue weighted by Gasteiger charge is -2.40. The molecule has 104 valence electrons. The van der Waals surface area contributed by atoms with Crippen LogP contribution in [0.15, 0.2) is 0 Å². The number of rotatable bonds is 4. The van der Waals surface area contributed by atoms with E-state index in [1.54, 1.807) is 0 Å². The van der Waals surface area contributed by atoms with Gasteiger partial charge in [-0.15, -0.1) is 11.6 Å². The predicted octanol–water partition coefficient (Wildman–Crippen LogP) is 4.20. The highest BCUT2D eigenvalue weighted by Crippen LogP contribution is 2.48. The molecule has 0 aromatic heterocycles. The minimum absolute atomic E-state index is 0.274. The normalized spacial score (nSPS) is 47.7. The molecule has 1 N–H and O–H groups in total. The van der Waals surface area contributed by atoms with E-state index in [0.29, 0.717) is 0 Å². The van der Waals surface area contributed by atoms with Gasteiger partial charge < -0.3 is 5.32 Å². The molecule has 2 bridgehead atoms. The molecule has 0 heterocycles. The summed E-state index contributed by atoms with van der Waals surface area (Å²) in [6, 6.07) is 0. The van der Waals surface area contributed by atoms with E-state index >= 15 is 0 Å². The summed E-state index contributed by atoms with van der Waals surface area (Å²) < 4.78 is 0. The van der Waals surface area contributed by atoms with E-state index in [-0.39, 0.29) is 5.54 Å². The number of halogens is 1. The molecular formula is C16H28ClN. The zero-order chi connectivity index (χ0) is 12.6. The average molecular weight is 270 g/mol. The number of nitrogens with one attached hydrogen (secondary N) is 1. The molecule has 1 nitrogen and oxygen atoms in total.